The van der Waals surface area contributed by atoms with E-state index in [1.54, 1.807) is 32.4 Å². The number of piperidine rings is 1. The van der Waals surface area contributed by atoms with Gasteiger partial charge >= 0.3 is 0 Å². The minimum Gasteiger partial charge on any atom is -0.493 e. The van der Waals surface area contributed by atoms with Crippen LogP contribution in [0.25, 0.3) is 5.65 Å². The molecule has 7 nitrogen and oxygen atoms in total. The van der Waals surface area contributed by atoms with E-state index in [1.165, 1.54) is 0 Å². The fraction of sp³-hybridized carbons (Fsp3) is 0.381. The molecule has 146 valence electrons. The lowest BCUT2D eigenvalue weighted by molar-refractivity contribution is 0.0704. The summed E-state index contributed by atoms with van der Waals surface area (Å²) in [5.41, 5.74) is 3.49. The third kappa shape index (κ3) is 3.28. The second-order valence-corrected chi connectivity index (χ2v) is 7.09. The molecule has 0 aliphatic carbocycles. The van der Waals surface area contributed by atoms with Crippen molar-refractivity contribution < 1.29 is 14.3 Å². The van der Waals surface area contributed by atoms with E-state index in [1.807, 2.05) is 34.7 Å². The molecule has 1 aliphatic heterocycles. The Bertz CT molecular complexity index is 1010. The van der Waals surface area contributed by atoms with Crippen LogP contribution in [0.15, 0.2) is 36.5 Å². The van der Waals surface area contributed by atoms with Crippen LogP contribution in [0.3, 0.4) is 0 Å². The summed E-state index contributed by atoms with van der Waals surface area (Å²) in [4.78, 5) is 19.4. The van der Waals surface area contributed by atoms with Crippen molar-refractivity contribution in [3.05, 3.63) is 53.5 Å². The summed E-state index contributed by atoms with van der Waals surface area (Å²) in [6.07, 6.45) is 3.79. The van der Waals surface area contributed by atoms with Crippen LogP contribution in [0.1, 0.15) is 40.5 Å². The van der Waals surface area contributed by atoms with Gasteiger partial charge in [-0.2, -0.15) is 5.10 Å². The first-order valence-corrected chi connectivity index (χ1v) is 9.43. The van der Waals surface area contributed by atoms with Crippen molar-refractivity contribution in [1.82, 2.24) is 19.5 Å². The van der Waals surface area contributed by atoms with Gasteiger partial charge in [0.2, 0.25) is 0 Å². The molecule has 0 saturated carbocycles. The zero-order chi connectivity index (χ0) is 19.7. The molecule has 3 heterocycles. The summed E-state index contributed by atoms with van der Waals surface area (Å²) in [6.45, 7) is 3.37. The van der Waals surface area contributed by atoms with Gasteiger partial charge in [0, 0.05) is 36.8 Å². The van der Waals surface area contributed by atoms with Gasteiger partial charge in [-0.25, -0.2) is 9.50 Å². The van der Waals surface area contributed by atoms with Crippen molar-refractivity contribution in [2.24, 2.45) is 0 Å². The Morgan fingerprint density at radius 2 is 1.96 bits per heavy atom. The van der Waals surface area contributed by atoms with Crippen LogP contribution in [0.5, 0.6) is 11.5 Å². The molecule has 1 saturated heterocycles. The summed E-state index contributed by atoms with van der Waals surface area (Å²) < 4.78 is 12.5. The number of hydrogen-bond acceptors (Lipinski definition) is 5. The van der Waals surface area contributed by atoms with Gasteiger partial charge in [-0.3, -0.25) is 4.79 Å². The van der Waals surface area contributed by atoms with Crippen LogP contribution < -0.4 is 9.47 Å². The highest BCUT2D eigenvalue weighted by atomic mass is 16.5. The van der Waals surface area contributed by atoms with E-state index in [4.69, 9.17) is 9.47 Å². The number of methoxy groups -OCH3 is 2. The Labute approximate surface area is 163 Å². The fourth-order valence-corrected chi connectivity index (χ4v) is 3.89. The molecule has 0 N–H and O–H groups in total. The second kappa shape index (κ2) is 7.50. The fourth-order valence-electron chi connectivity index (χ4n) is 3.89. The first kappa shape index (κ1) is 18.3. The van der Waals surface area contributed by atoms with E-state index in [0.29, 0.717) is 23.6 Å². The van der Waals surface area contributed by atoms with Crippen molar-refractivity contribution >= 4 is 11.6 Å². The molecule has 1 atom stereocenters. The van der Waals surface area contributed by atoms with Gasteiger partial charge in [0.05, 0.1) is 25.6 Å². The van der Waals surface area contributed by atoms with E-state index < -0.39 is 0 Å². The number of hydrogen-bond donors (Lipinski definition) is 0. The van der Waals surface area contributed by atoms with Crippen LogP contribution in [-0.2, 0) is 0 Å². The first-order valence-electron chi connectivity index (χ1n) is 9.43. The van der Waals surface area contributed by atoms with Crippen molar-refractivity contribution in [1.29, 1.82) is 0 Å². The Hall–Kier alpha value is -3.09. The highest BCUT2D eigenvalue weighted by molar-refractivity contribution is 5.95. The van der Waals surface area contributed by atoms with Gasteiger partial charge in [-0.1, -0.05) is 0 Å². The molecule has 1 aromatic carbocycles. The summed E-state index contributed by atoms with van der Waals surface area (Å²) in [5, 5.41) is 4.58. The maximum Gasteiger partial charge on any atom is 0.254 e. The zero-order valence-electron chi connectivity index (χ0n) is 16.4. The number of aryl methyl sites for hydroxylation is 1. The quantitative estimate of drug-likeness (QED) is 0.696. The van der Waals surface area contributed by atoms with Gasteiger partial charge in [0.1, 0.15) is 0 Å². The second-order valence-electron chi connectivity index (χ2n) is 7.09. The van der Waals surface area contributed by atoms with E-state index in [2.05, 4.69) is 10.1 Å². The van der Waals surface area contributed by atoms with Crippen molar-refractivity contribution in [3.8, 4) is 11.5 Å². The maximum atomic E-state index is 13.1. The molecule has 1 amide bonds. The zero-order valence-corrected chi connectivity index (χ0v) is 16.4. The molecule has 0 radical (unpaired) electrons. The van der Waals surface area contributed by atoms with E-state index >= 15 is 0 Å². The Balaban J connectivity index is 1.59. The lowest BCUT2D eigenvalue weighted by Crippen LogP contribution is -2.39. The van der Waals surface area contributed by atoms with Gasteiger partial charge in [0.25, 0.3) is 5.91 Å². The van der Waals surface area contributed by atoms with Crippen LogP contribution in [0.2, 0.25) is 0 Å². The molecule has 1 fully saturated rings. The Morgan fingerprint density at radius 3 is 2.75 bits per heavy atom. The number of benzene rings is 1. The summed E-state index contributed by atoms with van der Waals surface area (Å²) in [5.74, 6) is 1.41. The molecule has 7 heteroatoms. The normalized spacial score (nSPS) is 17.0. The number of fused-ring (bicyclic) bond motifs is 1. The van der Waals surface area contributed by atoms with Crippen molar-refractivity contribution in [2.75, 3.05) is 27.3 Å². The van der Waals surface area contributed by atoms with Gasteiger partial charge in [-0.05, 0) is 44.0 Å². The van der Waals surface area contributed by atoms with Crippen molar-refractivity contribution in [2.45, 2.75) is 25.7 Å². The number of amides is 1. The van der Waals surface area contributed by atoms with Gasteiger partial charge < -0.3 is 14.4 Å². The summed E-state index contributed by atoms with van der Waals surface area (Å²) in [7, 11) is 3.16. The predicted octanol–water partition coefficient (Wildman–Crippen LogP) is 3.07. The minimum absolute atomic E-state index is 0.00704. The number of nitrogens with zero attached hydrogens (tertiary/aromatic N) is 4. The third-order valence-corrected chi connectivity index (χ3v) is 5.27. The molecular weight excluding hydrogens is 356 g/mol. The standard InChI is InChI=1S/C21H24N4O3/c1-14-11-20-22-9-8-17(25(20)23-14)16-5-4-10-24(13-16)21(26)15-6-7-18(27-2)19(12-15)28-3/h6-9,11-12,16H,4-5,10,13H2,1-3H3. The van der Waals surface area contributed by atoms with Crippen LogP contribution in [0.4, 0.5) is 0 Å². The first-order chi connectivity index (χ1) is 13.6. The molecule has 3 aromatic rings. The average Bonchev–Trinajstić information content (AvgIpc) is 3.12. The molecule has 4 rings (SSSR count). The number of carbonyl (C=O) groups excluding carboxylic acids is 1. The monoisotopic (exact) mass is 380 g/mol. The van der Waals surface area contributed by atoms with Crippen LogP contribution in [0, 0.1) is 6.92 Å². The number of likely N-dealkylation sites (tertiary alicyclic amines) is 1. The summed E-state index contributed by atoms with van der Waals surface area (Å²) in [6, 6.07) is 9.28. The van der Waals surface area contributed by atoms with Gasteiger partial charge in [-0.15, -0.1) is 0 Å². The molecular formula is C21H24N4O3. The van der Waals surface area contributed by atoms with Crippen LogP contribution in [-0.4, -0.2) is 52.7 Å². The smallest absolute Gasteiger partial charge is 0.254 e. The SMILES string of the molecule is COc1ccc(C(=O)N2CCCC(c3ccnc4cc(C)nn34)C2)cc1OC. The van der Waals surface area contributed by atoms with E-state index in [-0.39, 0.29) is 11.8 Å². The Morgan fingerprint density at radius 1 is 1.14 bits per heavy atom. The topological polar surface area (TPSA) is 69.0 Å². The lowest BCUT2D eigenvalue weighted by atomic mass is 9.94. The average molecular weight is 380 g/mol. The highest BCUT2D eigenvalue weighted by Gasteiger charge is 2.27. The van der Waals surface area contributed by atoms with Crippen LogP contribution >= 0.6 is 0 Å². The molecule has 2 aromatic heterocycles. The number of ether oxygens (including phenoxy) is 2. The molecule has 28 heavy (non-hydrogen) atoms. The largest absolute Gasteiger partial charge is 0.493 e. The molecule has 1 aliphatic rings. The predicted molar refractivity (Wildman–Crippen MR) is 105 cm³/mol. The van der Waals surface area contributed by atoms with Gasteiger partial charge in [0.15, 0.2) is 17.1 Å². The minimum atomic E-state index is 0.00704. The molecule has 0 spiro atoms. The van der Waals surface area contributed by atoms with Crippen molar-refractivity contribution in [3.63, 3.8) is 0 Å². The number of aromatic nitrogens is 3. The molecule has 0 bridgehead atoms. The van der Waals surface area contributed by atoms with E-state index in [0.717, 1.165) is 36.4 Å². The lowest BCUT2D eigenvalue weighted by Gasteiger charge is -2.33. The summed E-state index contributed by atoms with van der Waals surface area (Å²) >= 11 is 0. The number of rotatable bonds is 4. The highest BCUT2D eigenvalue weighted by Crippen LogP contribution is 2.31. The Kier molecular flexibility index (Phi) is 4.90. The maximum absolute atomic E-state index is 13.1. The third-order valence-electron chi connectivity index (χ3n) is 5.27. The number of carbonyl (C=O) groups is 1. The van der Waals surface area contributed by atoms with E-state index in [9.17, 15) is 4.79 Å². The molecule has 1 unspecified atom stereocenters.